The van der Waals surface area contributed by atoms with Crippen molar-refractivity contribution in [3.05, 3.63) is 0 Å². The van der Waals surface area contributed by atoms with Crippen molar-refractivity contribution in [2.24, 2.45) is 5.73 Å². The monoisotopic (exact) mass is 186 g/mol. The third-order valence-corrected chi connectivity index (χ3v) is 2.68. The molecule has 13 heavy (non-hydrogen) atoms. The SMILES string of the molecule is CC1(C)CCCN1CCOC(N)=O. The molecule has 1 aliphatic rings. The Hall–Kier alpha value is -0.770. The van der Waals surface area contributed by atoms with Crippen LogP contribution in [-0.2, 0) is 4.74 Å². The van der Waals surface area contributed by atoms with Crippen LogP contribution in [0.3, 0.4) is 0 Å². The molecular weight excluding hydrogens is 168 g/mol. The minimum absolute atomic E-state index is 0.251. The van der Waals surface area contributed by atoms with Crippen LogP contribution in [0.25, 0.3) is 0 Å². The van der Waals surface area contributed by atoms with Crippen LogP contribution in [0.1, 0.15) is 26.7 Å². The molecule has 1 heterocycles. The van der Waals surface area contributed by atoms with Gasteiger partial charge in [0.15, 0.2) is 0 Å². The van der Waals surface area contributed by atoms with Crippen LogP contribution in [0, 0.1) is 0 Å². The van der Waals surface area contributed by atoms with Crippen molar-refractivity contribution in [1.82, 2.24) is 4.90 Å². The third-order valence-electron chi connectivity index (χ3n) is 2.68. The summed E-state index contributed by atoms with van der Waals surface area (Å²) in [7, 11) is 0. The number of amides is 1. The van der Waals surface area contributed by atoms with E-state index >= 15 is 0 Å². The second kappa shape index (κ2) is 3.96. The summed E-state index contributed by atoms with van der Waals surface area (Å²) < 4.78 is 4.69. The lowest BCUT2D eigenvalue weighted by atomic mass is 10.0. The van der Waals surface area contributed by atoms with Gasteiger partial charge in [0.05, 0.1) is 0 Å². The topological polar surface area (TPSA) is 55.6 Å². The van der Waals surface area contributed by atoms with Crippen molar-refractivity contribution in [2.45, 2.75) is 32.2 Å². The average Bonchev–Trinajstić information content (AvgIpc) is 2.30. The van der Waals surface area contributed by atoms with Gasteiger partial charge in [0.1, 0.15) is 6.61 Å². The molecule has 0 atom stereocenters. The molecule has 2 N–H and O–H groups in total. The maximum Gasteiger partial charge on any atom is 0.404 e. The second-order valence-corrected chi connectivity index (χ2v) is 4.07. The maximum absolute atomic E-state index is 10.3. The number of likely N-dealkylation sites (tertiary alicyclic amines) is 1. The van der Waals surface area contributed by atoms with Crippen molar-refractivity contribution in [1.29, 1.82) is 0 Å². The molecule has 1 aliphatic heterocycles. The first-order chi connectivity index (χ1) is 6.02. The lowest BCUT2D eigenvalue weighted by molar-refractivity contribution is 0.110. The highest BCUT2D eigenvalue weighted by molar-refractivity contribution is 5.64. The third kappa shape index (κ3) is 2.88. The van der Waals surface area contributed by atoms with Gasteiger partial charge in [-0.2, -0.15) is 0 Å². The van der Waals surface area contributed by atoms with Crippen LogP contribution >= 0.6 is 0 Å². The molecule has 0 unspecified atom stereocenters. The fraction of sp³-hybridized carbons (Fsp3) is 0.889. The van der Waals surface area contributed by atoms with Crippen molar-refractivity contribution in [3.63, 3.8) is 0 Å². The molecule has 0 radical (unpaired) electrons. The van der Waals surface area contributed by atoms with Gasteiger partial charge < -0.3 is 10.5 Å². The van der Waals surface area contributed by atoms with Gasteiger partial charge in [-0.1, -0.05) is 0 Å². The zero-order valence-electron chi connectivity index (χ0n) is 8.38. The smallest absolute Gasteiger partial charge is 0.404 e. The lowest BCUT2D eigenvalue weighted by Gasteiger charge is -2.31. The molecule has 0 aromatic rings. The Kier molecular flexibility index (Phi) is 3.14. The molecule has 4 nitrogen and oxygen atoms in total. The largest absolute Gasteiger partial charge is 0.448 e. The van der Waals surface area contributed by atoms with E-state index in [4.69, 9.17) is 10.5 Å². The Bertz CT molecular complexity index is 192. The van der Waals surface area contributed by atoms with Crippen LogP contribution in [0.5, 0.6) is 0 Å². The number of carbonyl (C=O) groups excluding carboxylic acids is 1. The fourth-order valence-electron chi connectivity index (χ4n) is 1.83. The maximum atomic E-state index is 10.3. The Morgan fingerprint density at radius 2 is 2.31 bits per heavy atom. The highest BCUT2D eigenvalue weighted by Crippen LogP contribution is 2.27. The van der Waals surface area contributed by atoms with Crippen molar-refractivity contribution < 1.29 is 9.53 Å². The highest BCUT2D eigenvalue weighted by Gasteiger charge is 2.31. The van der Waals surface area contributed by atoms with E-state index in [1.165, 1.54) is 12.8 Å². The van der Waals surface area contributed by atoms with Crippen LogP contribution in [-0.4, -0.2) is 36.2 Å². The van der Waals surface area contributed by atoms with Gasteiger partial charge in [-0.3, -0.25) is 4.90 Å². The van der Waals surface area contributed by atoms with Crippen LogP contribution < -0.4 is 5.73 Å². The number of rotatable bonds is 3. The van der Waals surface area contributed by atoms with Crippen molar-refractivity contribution in [3.8, 4) is 0 Å². The zero-order valence-corrected chi connectivity index (χ0v) is 8.38. The Morgan fingerprint density at radius 1 is 1.62 bits per heavy atom. The van der Waals surface area contributed by atoms with Crippen LogP contribution in [0.15, 0.2) is 0 Å². The first-order valence-electron chi connectivity index (χ1n) is 4.70. The number of ether oxygens (including phenoxy) is 1. The van der Waals surface area contributed by atoms with E-state index in [-0.39, 0.29) is 5.54 Å². The average molecular weight is 186 g/mol. The second-order valence-electron chi connectivity index (χ2n) is 4.07. The standard InChI is InChI=1S/C9H18N2O2/c1-9(2)4-3-5-11(9)6-7-13-8(10)12/h3-7H2,1-2H3,(H2,10,12). The van der Waals surface area contributed by atoms with Gasteiger partial charge in [-0.25, -0.2) is 4.79 Å². The quantitative estimate of drug-likeness (QED) is 0.714. The van der Waals surface area contributed by atoms with Gasteiger partial charge in [0.25, 0.3) is 0 Å². The first kappa shape index (κ1) is 10.3. The van der Waals surface area contributed by atoms with E-state index in [1.54, 1.807) is 0 Å². The van der Waals surface area contributed by atoms with E-state index in [1.807, 2.05) is 0 Å². The Morgan fingerprint density at radius 3 is 2.77 bits per heavy atom. The summed E-state index contributed by atoms with van der Waals surface area (Å²) in [5, 5.41) is 0. The molecule has 0 spiro atoms. The lowest BCUT2D eigenvalue weighted by Crippen LogP contribution is -2.40. The van der Waals surface area contributed by atoms with Gasteiger partial charge in [-0.05, 0) is 33.2 Å². The fourth-order valence-corrected chi connectivity index (χ4v) is 1.83. The summed E-state index contributed by atoms with van der Waals surface area (Å²) in [5.41, 5.74) is 5.12. The van der Waals surface area contributed by atoms with Crippen molar-refractivity contribution in [2.75, 3.05) is 19.7 Å². The van der Waals surface area contributed by atoms with E-state index < -0.39 is 6.09 Å². The summed E-state index contributed by atoms with van der Waals surface area (Å²) in [6.07, 6.45) is 1.75. The van der Waals surface area contributed by atoms with E-state index in [9.17, 15) is 4.79 Å². The predicted molar refractivity (Wildman–Crippen MR) is 50.4 cm³/mol. The van der Waals surface area contributed by atoms with Crippen LogP contribution in [0.4, 0.5) is 4.79 Å². The molecule has 1 fully saturated rings. The number of primary amides is 1. The van der Waals surface area contributed by atoms with E-state index in [0.717, 1.165) is 13.1 Å². The van der Waals surface area contributed by atoms with Gasteiger partial charge in [0.2, 0.25) is 0 Å². The van der Waals surface area contributed by atoms with Gasteiger partial charge in [0, 0.05) is 12.1 Å². The molecule has 0 aromatic heterocycles. The number of hydrogen-bond acceptors (Lipinski definition) is 3. The summed E-state index contributed by atoms with van der Waals surface area (Å²) >= 11 is 0. The summed E-state index contributed by atoms with van der Waals surface area (Å²) in [4.78, 5) is 12.6. The molecule has 76 valence electrons. The molecule has 1 rings (SSSR count). The normalized spacial score (nSPS) is 21.7. The number of nitrogens with two attached hydrogens (primary N) is 1. The predicted octanol–water partition coefficient (Wildman–Crippen LogP) is 0.956. The summed E-state index contributed by atoms with van der Waals surface area (Å²) in [6.45, 7) is 6.71. The number of hydrogen-bond donors (Lipinski definition) is 1. The summed E-state index contributed by atoms with van der Waals surface area (Å²) in [5.74, 6) is 0. The molecule has 0 saturated carbocycles. The molecule has 0 bridgehead atoms. The Labute approximate surface area is 79.0 Å². The molecule has 0 aliphatic carbocycles. The molecule has 0 aromatic carbocycles. The minimum Gasteiger partial charge on any atom is -0.448 e. The molecule has 1 saturated heterocycles. The summed E-state index contributed by atoms with van der Waals surface area (Å²) in [6, 6.07) is 0. The van der Waals surface area contributed by atoms with Gasteiger partial charge >= 0.3 is 6.09 Å². The van der Waals surface area contributed by atoms with E-state index in [0.29, 0.717) is 6.61 Å². The number of carbonyl (C=O) groups is 1. The van der Waals surface area contributed by atoms with E-state index in [2.05, 4.69) is 18.7 Å². The van der Waals surface area contributed by atoms with Gasteiger partial charge in [-0.15, -0.1) is 0 Å². The highest BCUT2D eigenvalue weighted by atomic mass is 16.5. The first-order valence-corrected chi connectivity index (χ1v) is 4.70. The van der Waals surface area contributed by atoms with Crippen LogP contribution in [0.2, 0.25) is 0 Å². The Balaban J connectivity index is 2.25. The molecular formula is C9H18N2O2. The minimum atomic E-state index is -0.683. The molecule has 1 amide bonds. The number of nitrogens with zero attached hydrogens (tertiary/aromatic N) is 1. The zero-order chi connectivity index (χ0) is 9.90. The van der Waals surface area contributed by atoms with Crippen molar-refractivity contribution >= 4 is 6.09 Å². The molecule has 4 heteroatoms.